The van der Waals surface area contributed by atoms with Crippen LogP contribution >= 0.6 is 12.2 Å². The van der Waals surface area contributed by atoms with Crippen molar-refractivity contribution >= 4 is 33.8 Å². The van der Waals surface area contributed by atoms with Crippen LogP contribution in [0.25, 0.3) is 16.5 Å². The van der Waals surface area contributed by atoms with Gasteiger partial charge in [-0.3, -0.25) is 4.98 Å². The molecule has 1 aliphatic heterocycles. The van der Waals surface area contributed by atoms with Crippen LogP contribution in [0.5, 0.6) is 5.75 Å². The highest BCUT2D eigenvalue weighted by atomic mass is 32.1. The van der Waals surface area contributed by atoms with Gasteiger partial charge in [0, 0.05) is 29.5 Å². The molecule has 0 amide bonds. The Kier molecular flexibility index (Phi) is 6.10. The molecule has 3 heterocycles. The van der Waals surface area contributed by atoms with Gasteiger partial charge in [0.1, 0.15) is 11.8 Å². The minimum Gasteiger partial charge on any atom is -0.491 e. The number of anilines is 1. The summed E-state index contributed by atoms with van der Waals surface area (Å²) in [5, 5.41) is 6.66. The van der Waals surface area contributed by atoms with Gasteiger partial charge in [-0.2, -0.15) is 0 Å². The Labute approximate surface area is 222 Å². The van der Waals surface area contributed by atoms with E-state index in [-0.39, 0.29) is 18.2 Å². The van der Waals surface area contributed by atoms with E-state index in [1.807, 2.05) is 44.3 Å². The minimum absolute atomic E-state index is 0.110. The number of thiocarbonyl (C=S) groups is 1. The molecule has 2 atom stereocenters. The minimum atomic E-state index is -0.116. The molecule has 6 heteroatoms. The number of nitrogens with one attached hydrogen (secondary N) is 1. The van der Waals surface area contributed by atoms with E-state index in [0.717, 1.165) is 28.5 Å². The summed E-state index contributed by atoms with van der Waals surface area (Å²) < 4.78 is 8.14. The Morgan fingerprint density at radius 3 is 2.35 bits per heavy atom. The quantitative estimate of drug-likeness (QED) is 0.253. The van der Waals surface area contributed by atoms with Crippen LogP contribution in [-0.2, 0) is 0 Å². The van der Waals surface area contributed by atoms with Crippen LogP contribution in [0.1, 0.15) is 37.3 Å². The zero-order valence-electron chi connectivity index (χ0n) is 20.8. The SMILES string of the molecule is CC(C)Oc1ccc(N2C(=S)NC(c3ccccn3)C2c2cccn2-c2ccc3ccccc3c2)cc1. The summed E-state index contributed by atoms with van der Waals surface area (Å²) in [5.74, 6) is 0.842. The first-order valence-corrected chi connectivity index (χ1v) is 12.9. The van der Waals surface area contributed by atoms with Gasteiger partial charge in [0.05, 0.1) is 17.8 Å². The molecule has 184 valence electrons. The fourth-order valence-electron chi connectivity index (χ4n) is 5.09. The van der Waals surface area contributed by atoms with Crippen molar-refractivity contribution in [1.29, 1.82) is 0 Å². The van der Waals surface area contributed by atoms with Crippen LogP contribution in [0.15, 0.2) is 109 Å². The summed E-state index contributed by atoms with van der Waals surface area (Å²) in [4.78, 5) is 6.89. The first-order valence-electron chi connectivity index (χ1n) is 12.5. The second-order valence-corrected chi connectivity index (χ2v) is 9.88. The van der Waals surface area contributed by atoms with E-state index in [0.29, 0.717) is 5.11 Å². The van der Waals surface area contributed by atoms with Gasteiger partial charge >= 0.3 is 0 Å². The van der Waals surface area contributed by atoms with Crippen molar-refractivity contribution in [3.8, 4) is 11.4 Å². The second-order valence-electron chi connectivity index (χ2n) is 9.49. The number of benzene rings is 3. The second kappa shape index (κ2) is 9.71. The Morgan fingerprint density at radius 2 is 1.59 bits per heavy atom. The lowest BCUT2D eigenvalue weighted by Gasteiger charge is -2.29. The van der Waals surface area contributed by atoms with Crippen molar-refractivity contribution in [2.75, 3.05) is 4.90 Å². The fourth-order valence-corrected chi connectivity index (χ4v) is 5.43. The third-order valence-electron chi connectivity index (χ3n) is 6.68. The summed E-state index contributed by atoms with van der Waals surface area (Å²) in [6.45, 7) is 4.06. The van der Waals surface area contributed by atoms with Gasteiger partial charge in [-0.15, -0.1) is 0 Å². The smallest absolute Gasteiger partial charge is 0.174 e. The summed E-state index contributed by atoms with van der Waals surface area (Å²) in [6, 6.07) is 33.2. The number of hydrogen-bond donors (Lipinski definition) is 1. The Bertz CT molecular complexity index is 1540. The molecule has 0 radical (unpaired) electrons. The van der Waals surface area contributed by atoms with E-state index in [9.17, 15) is 0 Å². The number of nitrogens with zero attached hydrogens (tertiary/aromatic N) is 3. The maximum atomic E-state index is 5.92. The third-order valence-corrected chi connectivity index (χ3v) is 6.99. The standard InChI is InChI=1S/C31H28N4OS/c1-21(2)36-26-16-14-24(15-17-26)35-30(29(33-31(35)37)27-10-5-6-18-32-27)28-11-7-19-34(28)25-13-12-22-8-3-4-9-23(22)20-25/h3-21,29-30H,1-2H3,(H,33,37). The number of hydrogen-bond acceptors (Lipinski definition) is 3. The molecule has 37 heavy (non-hydrogen) atoms. The van der Waals surface area contributed by atoms with Gasteiger partial charge in [0.15, 0.2) is 5.11 Å². The molecule has 1 fully saturated rings. The lowest BCUT2D eigenvalue weighted by atomic mass is 10.0. The lowest BCUT2D eigenvalue weighted by Crippen LogP contribution is -2.30. The topological polar surface area (TPSA) is 42.3 Å². The van der Waals surface area contributed by atoms with Crippen molar-refractivity contribution < 1.29 is 4.74 Å². The van der Waals surface area contributed by atoms with E-state index in [4.69, 9.17) is 21.9 Å². The van der Waals surface area contributed by atoms with Crippen molar-refractivity contribution in [3.63, 3.8) is 0 Å². The number of fused-ring (bicyclic) bond motifs is 1. The van der Waals surface area contributed by atoms with Gasteiger partial charge in [-0.05, 0) is 97.5 Å². The number of pyridine rings is 1. The van der Waals surface area contributed by atoms with E-state index in [1.54, 1.807) is 0 Å². The van der Waals surface area contributed by atoms with Crippen LogP contribution in [0.4, 0.5) is 5.69 Å². The lowest BCUT2D eigenvalue weighted by molar-refractivity contribution is 0.242. The molecule has 5 aromatic rings. The number of ether oxygens (including phenoxy) is 1. The molecule has 2 unspecified atom stereocenters. The highest BCUT2D eigenvalue weighted by molar-refractivity contribution is 7.80. The highest BCUT2D eigenvalue weighted by Gasteiger charge is 2.42. The number of aromatic nitrogens is 2. The maximum Gasteiger partial charge on any atom is 0.174 e. The van der Waals surface area contributed by atoms with Crippen LogP contribution in [0.2, 0.25) is 0 Å². The van der Waals surface area contributed by atoms with E-state index in [1.165, 1.54) is 10.8 Å². The van der Waals surface area contributed by atoms with Gasteiger partial charge in [0.2, 0.25) is 0 Å². The number of rotatable bonds is 6. The molecule has 6 rings (SSSR count). The Balaban J connectivity index is 1.46. The van der Waals surface area contributed by atoms with E-state index >= 15 is 0 Å². The molecule has 2 aromatic heterocycles. The van der Waals surface area contributed by atoms with Crippen molar-refractivity contribution in [3.05, 3.63) is 121 Å². The average molecular weight is 505 g/mol. The van der Waals surface area contributed by atoms with Crippen molar-refractivity contribution in [1.82, 2.24) is 14.9 Å². The van der Waals surface area contributed by atoms with Gasteiger partial charge in [-0.25, -0.2) is 0 Å². The maximum absolute atomic E-state index is 5.92. The van der Waals surface area contributed by atoms with Gasteiger partial charge < -0.3 is 19.5 Å². The zero-order chi connectivity index (χ0) is 25.4. The molecule has 1 aliphatic rings. The summed E-state index contributed by atoms with van der Waals surface area (Å²) >= 11 is 5.92. The van der Waals surface area contributed by atoms with E-state index in [2.05, 4.69) is 93.8 Å². The highest BCUT2D eigenvalue weighted by Crippen LogP contribution is 2.42. The van der Waals surface area contributed by atoms with Crippen LogP contribution in [0.3, 0.4) is 0 Å². The zero-order valence-corrected chi connectivity index (χ0v) is 21.6. The van der Waals surface area contributed by atoms with Crippen LogP contribution in [0, 0.1) is 0 Å². The molecule has 1 saturated heterocycles. The molecule has 3 aromatic carbocycles. The Hall–Kier alpha value is -4.16. The summed E-state index contributed by atoms with van der Waals surface area (Å²) in [6.07, 6.45) is 4.07. The normalized spacial score (nSPS) is 17.4. The van der Waals surface area contributed by atoms with Crippen molar-refractivity contribution in [2.24, 2.45) is 0 Å². The van der Waals surface area contributed by atoms with E-state index < -0.39 is 0 Å². The summed E-state index contributed by atoms with van der Waals surface area (Å²) in [7, 11) is 0. The van der Waals surface area contributed by atoms with Crippen molar-refractivity contribution in [2.45, 2.75) is 32.0 Å². The average Bonchev–Trinajstić information content (AvgIpc) is 3.53. The predicted molar refractivity (Wildman–Crippen MR) is 153 cm³/mol. The Morgan fingerprint density at radius 1 is 0.838 bits per heavy atom. The molecule has 5 nitrogen and oxygen atoms in total. The predicted octanol–water partition coefficient (Wildman–Crippen LogP) is 6.99. The largest absolute Gasteiger partial charge is 0.491 e. The third kappa shape index (κ3) is 4.45. The van der Waals surface area contributed by atoms with Gasteiger partial charge in [0.25, 0.3) is 0 Å². The fraction of sp³-hybridized carbons (Fsp3) is 0.161. The van der Waals surface area contributed by atoms with Crippen LogP contribution < -0.4 is 15.0 Å². The molecule has 0 saturated carbocycles. The summed E-state index contributed by atoms with van der Waals surface area (Å²) in [5.41, 5.74) is 4.18. The molecule has 0 aliphatic carbocycles. The first kappa shape index (κ1) is 23.3. The molecular weight excluding hydrogens is 476 g/mol. The monoisotopic (exact) mass is 504 g/mol. The molecule has 0 spiro atoms. The first-order chi connectivity index (χ1) is 18.1. The van der Waals surface area contributed by atoms with Crippen LogP contribution in [-0.4, -0.2) is 20.8 Å². The molecule has 0 bridgehead atoms. The van der Waals surface area contributed by atoms with Gasteiger partial charge in [-0.1, -0.05) is 36.4 Å². The molecular formula is C31H28N4OS. The molecule has 1 N–H and O–H groups in total.